The molecule has 0 aromatic heterocycles. The molecule has 0 spiro atoms. The highest BCUT2D eigenvalue weighted by atomic mass is 16.4. The summed E-state index contributed by atoms with van der Waals surface area (Å²) in [7, 11) is 0. The van der Waals surface area contributed by atoms with Crippen LogP contribution in [0.3, 0.4) is 0 Å². The molecule has 0 aliphatic heterocycles. The van der Waals surface area contributed by atoms with Crippen molar-refractivity contribution in [2.24, 2.45) is 11.8 Å². The summed E-state index contributed by atoms with van der Waals surface area (Å²) in [5, 5.41) is 19.5. The second-order valence-electron chi connectivity index (χ2n) is 5.08. The van der Waals surface area contributed by atoms with Crippen LogP contribution in [0.5, 0.6) is 0 Å². The molecule has 0 bridgehead atoms. The molecule has 98 valence electrons. The Morgan fingerprint density at radius 1 is 1.33 bits per heavy atom. The highest BCUT2D eigenvalue weighted by Crippen LogP contribution is 2.40. The second-order valence-corrected chi connectivity index (χ2v) is 5.08. The normalized spacial score (nSPS) is 25.0. The molecule has 1 fully saturated rings. The van der Waals surface area contributed by atoms with Gasteiger partial charge < -0.3 is 10.2 Å². The van der Waals surface area contributed by atoms with Crippen molar-refractivity contribution in [3.8, 4) is 0 Å². The van der Waals surface area contributed by atoms with Crippen LogP contribution < -0.4 is 0 Å². The Morgan fingerprint density at radius 2 is 2.00 bits per heavy atom. The Labute approximate surface area is 107 Å². The first-order valence-electron chi connectivity index (χ1n) is 6.63. The van der Waals surface area contributed by atoms with Crippen molar-refractivity contribution in [2.45, 2.75) is 38.7 Å². The molecular weight excluding hydrogens is 228 g/mol. The summed E-state index contributed by atoms with van der Waals surface area (Å²) in [6, 6.07) is 7.84. The molecule has 1 aliphatic rings. The zero-order valence-electron chi connectivity index (χ0n) is 10.7. The molecule has 1 aromatic carbocycles. The van der Waals surface area contributed by atoms with Crippen LogP contribution in [0.2, 0.25) is 0 Å². The number of rotatable bonds is 4. The quantitative estimate of drug-likeness (QED) is 0.861. The number of hydrogen-bond donors (Lipinski definition) is 2. The van der Waals surface area contributed by atoms with E-state index < -0.39 is 18.0 Å². The van der Waals surface area contributed by atoms with Crippen LogP contribution in [-0.4, -0.2) is 16.2 Å². The largest absolute Gasteiger partial charge is 0.481 e. The van der Waals surface area contributed by atoms with E-state index in [1.54, 1.807) is 0 Å². The van der Waals surface area contributed by atoms with Crippen molar-refractivity contribution < 1.29 is 15.0 Å². The lowest BCUT2D eigenvalue weighted by atomic mass is 9.87. The number of carboxylic acids is 1. The molecule has 3 unspecified atom stereocenters. The first-order valence-corrected chi connectivity index (χ1v) is 6.63. The number of carboxylic acid groups (broad SMARTS) is 1. The molecule has 0 heterocycles. The summed E-state index contributed by atoms with van der Waals surface area (Å²) < 4.78 is 0. The Kier molecular flexibility index (Phi) is 4.02. The van der Waals surface area contributed by atoms with Crippen molar-refractivity contribution in [3.05, 3.63) is 35.4 Å². The van der Waals surface area contributed by atoms with Gasteiger partial charge >= 0.3 is 5.97 Å². The standard InChI is InChI=1S/C15H20O3/c1-2-10-6-8-11(9-7-10)14(16)12-4-3-5-13(12)15(17)18/h6-9,12-14,16H,2-5H2,1H3,(H,17,18). The predicted octanol–water partition coefficient (Wildman–Crippen LogP) is 2.78. The number of benzene rings is 1. The average molecular weight is 248 g/mol. The van der Waals surface area contributed by atoms with Crippen LogP contribution in [0.1, 0.15) is 43.4 Å². The molecule has 18 heavy (non-hydrogen) atoms. The maximum absolute atomic E-state index is 11.1. The third-order valence-corrected chi connectivity index (χ3v) is 4.02. The minimum absolute atomic E-state index is 0.144. The van der Waals surface area contributed by atoms with E-state index in [0.29, 0.717) is 6.42 Å². The van der Waals surface area contributed by atoms with Gasteiger partial charge in [-0.25, -0.2) is 0 Å². The first kappa shape index (κ1) is 13.1. The lowest BCUT2D eigenvalue weighted by Crippen LogP contribution is -2.23. The number of carbonyl (C=O) groups is 1. The monoisotopic (exact) mass is 248 g/mol. The van der Waals surface area contributed by atoms with Crippen LogP contribution in [0.4, 0.5) is 0 Å². The van der Waals surface area contributed by atoms with Crippen LogP contribution >= 0.6 is 0 Å². The van der Waals surface area contributed by atoms with E-state index in [4.69, 9.17) is 5.11 Å². The molecule has 0 saturated heterocycles. The van der Waals surface area contributed by atoms with Gasteiger partial charge in [-0.15, -0.1) is 0 Å². The SMILES string of the molecule is CCc1ccc(C(O)C2CCCC2C(=O)O)cc1. The fraction of sp³-hybridized carbons (Fsp3) is 0.533. The predicted molar refractivity (Wildman–Crippen MR) is 69.2 cm³/mol. The van der Waals surface area contributed by atoms with Gasteiger partial charge in [-0.2, -0.15) is 0 Å². The smallest absolute Gasteiger partial charge is 0.306 e. The van der Waals surface area contributed by atoms with Gasteiger partial charge in [0, 0.05) is 5.92 Å². The zero-order valence-corrected chi connectivity index (χ0v) is 10.7. The number of hydrogen-bond acceptors (Lipinski definition) is 2. The average Bonchev–Trinajstić information content (AvgIpc) is 2.87. The summed E-state index contributed by atoms with van der Waals surface area (Å²) in [5.74, 6) is -1.32. The summed E-state index contributed by atoms with van der Waals surface area (Å²) in [4.78, 5) is 11.1. The van der Waals surface area contributed by atoms with E-state index in [2.05, 4.69) is 6.92 Å². The number of aryl methyl sites for hydroxylation is 1. The van der Waals surface area contributed by atoms with Crippen LogP contribution in [0, 0.1) is 11.8 Å². The maximum Gasteiger partial charge on any atom is 0.306 e. The lowest BCUT2D eigenvalue weighted by Gasteiger charge is -2.22. The Morgan fingerprint density at radius 3 is 2.56 bits per heavy atom. The Hall–Kier alpha value is -1.35. The number of aliphatic hydroxyl groups excluding tert-OH is 1. The molecule has 1 aromatic rings. The van der Waals surface area contributed by atoms with E-state index in [1.807, 2.05) is 24.3 Å². The van der Waals surface area contributed by atoms with Crippen LogP contribution in [0.15, 0.2) is 24.3 Å². The molecule has 1 saturated carbocycles. The first-order chi connectivity index (χ1) is 8.63. The van der Waals surface area contributed by atoms with Gasteiger partial charge in [0.1, 0.15) is 0 Å². The molecule has 0 radical (unpaired) electrons. The molecule has 1 aliphatic carbocycles. The van der Waals surface area contributed by atoms with E-state index in [0.717, 1.165) is 24.8 Å². The molecule has 3 atom stereocenters. The molecule has 2 rings (SSSR count). The van der Waals surface area contributed by atoms with Crippen molar-refractivity contribution in [2.75, 3.05) is 0 Å². The lowest BCUT2D eigenvalue weighted by molar-refractivity contribution is -0.144. The highest BCUT2D eigenvalue weighted by molar-refractivity contribution is 5.70. The third kappa shape index (κ3) is 2.56. The van der Waals surface area contributed by atoms with Crippen molar-refractivity contribution in [1.82, 2.24) is 0 Å². The van der Waals surface area contributed by atoms with Crippen LogP contribution in [-0.2, 0) is 11.2 Å². The minimum Gasteiger partial charge on any atom is -0.481 e. The van der Waals surface area contributed by atoms with Gasteiger partial charge in [0.2, 0.25) is 0 Å². The van der Waals surface area contributed by atoms with Gasteiger partial charge in [0.25, 0.3) is 0 Å². The van der Waals surface area contributed by atoms with Gasteiger partial charge in [0.15, 0.2) is 0 Å². The topological polar surface area (TPSA) is 57.5 Å². The van der Waals surface area contributed by atoms with Crippen molar-refractivity contribution in [3.63, 3.8) is 0 Å². The van der Waals surface area contributed by atoms with Gasteiger partial charge in [0.05, 0.1) is 12.0 Å². The highest BCUT2D eigenvalue weighted by Gasteiger charge is 2.37. The fourth-order valence-corrected chi connectivity index (χ4v) is 2.87. The maximum atomic E-state index is 11.1. The summed E-state index contributed by atoms with van der Waals surface area (Å²) in [6.07, 6.45) is 2.70. The Bertz CT molecular complexity index is 410. The molecule has 3 nitrogen and oxygen atoms in total. The van der Waals surface area contributed by atoms with E-state index in [1.165, 1.54) is 5.56 Å². The molecular formula is C15H20O3. The summed E-state index contributed by atoms with van der Waals surface area (Å²) in [6.45, 7) is 2.09. The van der Waals surface area contributed by atoms with Crippen LogP contribution in [0.25, 0.3) is 0 Å². The second kappa shape index (κ2) is 5.53. The van der Waals surface area contributed by atoms with Gasteiger partial charge in [-0.05, 0) is 30.4 Å². The Balaban J connectivity index is 2.14. The number of aliphatic carboxylic acids is 1. The molecule has 3 heteroatoms. The number of aliphatic hydroxyl groups is 1. The molecule has 0 amide bonds. The van der Waals surface area contributed by atoms with E-state index >= 15 is 0 Å². The van der Waals surface area contributed by atoms with Gasteiger partial charge in [-0.3, -0.25) is 4.79 Å². The van der Waals surface area contributed by atoms with E-state index in [9.17, 15) is 9.90 Å². The third-order valence-electron chi connectivity index (χ3n) is 4.02. The van der Waals surface area contributed by atoms with Crippen molar-refractivity contribution in [1.29, 1.82) is 0 Å². The summed E-state index contributed by atoms with van der Waals surface area (Å²) >= 11 is 0. The minimum atomic E-state index is -0.776. The summed E-state index contributed by atoms with van der Waals surface area (Å²) in [5.41, 5.74) is 2.07. The van der Waals surface area contributed by atoms with Gasteiger partial charge in [-0.1, -0.05) is 37.6 Å². The van der Waals surface area contributed by atoms with E-state index in [-0.39, 0.29) is 5.92 Å². The zero-order chi connectivity index (χ0) is 13.1. The molecule has 2 N–H and O–H groups in total. The van der Waals surface area contributed by atoms with Crippen molar-refractivity contribution >= 4 is 5.97 Å². The fourth-order valence-electron chi connectivity index (χ4n) is 2.87.